The summed E-state index contributed by atoms with van der Waals surface area (Å²) < 4.78 is 5.98. The summed E-state index contributed by atoms with van der Waals surface area (Å²) in [6.07, 6.45) is 2.02. The molecule has 1 amide bonds. The summed E-state index contributed by atoms with van der Waals surface area (Å²) in [6, 6.07) is 10.9. The van der Waals surface area contributed by atoms with Gasteiger partial charge in [-0.15, -0.1) is 0 Å². The van der Waals surface area contributed by atoms with E-state index >= 15 is 0 Å². The van der Waals surface area contributed by atoms with Gasteiger partial charge in [-0.2, -0.15) is 0 Å². The summed E-state index contributed by atoms with van der Waals surface area (Å²) in [4.78, 5) is 16.4. The van der Waals surface area contributed by atoms with Gasteiger partial charge in [0.15, 0.2) is 0 Å². The third-order valence-electron chi connectivity index (χ3n) is 4.92. The summed E-state index contributed by atoms with van der Waals surface area (Å²) in [7, 11) is 0. The average Bonchev–Trinajstić information content (AvgIpc) is 2.53. The van der Waals surface area contributed by atoms with Crippen molar-refractivity contribution in [1.82, 2.24) is 9.80 Å². The molecule has 4 nitrogen and oxygen atoms in total. The molecule has 4 heteroatoms. The van der Waals surface area contributed by atoms with E-state index in [1.807, 2.05) is 4.90 Å². The van der Waals surface area contributed by atoms with Crippen molar-refractivity contribution in [3.63, 3.8) is 0 Å². The molecule has 2 saturated heterocycles. The van der Waals surface area contributed by atoms with Gasteiger partial charge >= 0.3 is 0 Å². The number of rotatable bonds is 3. The van der Waals surface area contributed by atoms with Crippen LogP contribution in [0.15, 0.2) is 30.3 Å². The van der Waals surface area contributed by atoms with Crippen LogP contribution in [0.1, 0.15) is 32.3 Å². The predicted molar refractivity (Wildman–Crippen MR) is 86.5 cm³/mol. The molecule has 0 atom stereocenters. The molecule has 1 aromatic carbocycles. The molecule has 0 saturated carbocycles. The normalized spacial score (nSPS) is 22.5. The topological polar surface area (TPSA) is 32.8 Å². The van der Waals surface area contributed by atoms with E-state index in [1.54, 1.807) is 0 Å². The molecule has 0 radical (unpaired) electrons. The molecule has 1 spiro atoms. The number of likely N-dealkylation sites (tertiary alicyclic amines) is 1. The Balaban J connectivity index is 1.58. The molecule has 0 aromatic heterocycles. The molecule has 120 valence electrons. The zero-order valence-corrected chi connectivity index (χ0v) is 13.6. The summed E-state index contributed by atoms with van der Waals surface area (Å²) in [5.74, 6) is 0.132. The Morgan fingerprint density at radius 2 is 1.86 bits per heavy atom. The lowest BCUT2D eigenvalue weighted by atomic mass is 9.88. The van der Waals surface area contributed by atoms with E-state index in [0.29, 0.717) is 0 Å². The highest BCUT2D eigenvalue weighted by molar-refractivity contribution is 5.78. The van der Waals surface area contributed by atoms with Gasteiger partial charge in [-0.05, 0) is 32.3 Å². The number of carbonyl (C=O) groups is 1. The van der Waals surface area contributed by atoms with Gasteiger partial charge in [-0.3, -0.25) is 9.69 Å². The number of benzene rings is 1. The molecule has 0 N–H and O–H groups in total. The lowest BCUT2D eigenvalue weighted by Gasteiger charge is -2.48. The molecule has 0 unspecified atom stereocenters. The van der Waals surface area contributed by atoms with E-state index in [-0.39, 0.29) is 24.2 Å². The molecule has 1 aromatic rings. The maximum Gasteiger partial charge on any atom is 0.248 e. The Labute approximate surface area is 133 Å². The minimum Gasteiger partial charge on any atom is -0.363 e. The van der Waals surface area contributed by atoms with Crippen molar-refractivity contribution in [2.24, 2.45) is 0 Å². The second-order valence-corrected chi connectivity index (χ2v) is 6.85. The van der Waals surface area contributed by atoms with Crippen molar-refractivity contribution in [2.75, 3.05) is 26.2 Å². The van der Waals surface area contributed by atoms with E-state index < -0.39 is 0 Å². The van der Waals surface area contributed by atoms with Crippen molar-refractivity contribution in [3.8, 4) is 0 Å². The molecule has 2 aliphatic rings. The first kappa shape index (κ1) is 15.5. The second-order valence-electron chi connectivity index (χ2n) is 6.85. The van der Waals surface area contributed by atoms with E-state index in [1.165, 1.54) is 5.56 Å². The quantitative estimate of drug-likeness (QED) is 0.859. The Kier molecular flexibility index (Phi) is 4.50. The molecule has 3 rings (SSSR count). The molecule has 22 heavy (non-hydrogen) atoms. The summed E-state index contributed by atoms with van der Waals surface area (Å²) in [6.45, 7) is 8.25. The number of hydrogen-bond acceptors (Lipinski definition) is 3. The Morgan fingerprint density at radius 3 is 2.50 bits per heavy atom. The summed E-state index contributed by atoms with van der Waals surface area (Å²) in [5.41, 5.74) is 1.24. The van der Waals surface area contributed by atoms with E-state index in [4.69, 9.17) is 4.74 Å². The highest BCUT2D eigenvalue weighted by Gasteiger charge is 2.42. The maximum absolute atomic E-state index is 12.0. The minimum absolute atomic E-state index is 0.120. The van der Waals surface area contributed by atoms with Crippen LogP contribution in [0.5, 0.6) is 0 Å². The van der Waals surface area contributed by atoms with Crippen molar-refractivity contribution >= 4 is 5.91 Å². The SMILES string of the molecule is CC(C)N1CC2(CCN(Cc3ccccc3)CC2)OCC1=O. The smallest absolute Gasteiger partial charge is 0.248 e. The number of amides is 1. The van der Waals surface area contributed by atoms with Crippen LogP contribution in [-0.2, 0) is 16.1 Å². The highest BCUT2D eigenvalue weighted by atomic mass is 16.5. The van der Waals surface area contributed by atoms with Crippen molar-refractivity contribution in [2.45, 2.75) is 44.9 Å². The third kappa shape index (κ3) is 3.33. The number of carbonyl (C=O) groups excluding carboxylic acids is 1. The van der Waals surface area contributed by atoms with Gasteiger partial charge in [0.1, 0.15) is 6.61 Å². The van der Waals surface area contributed by atoms with Gasteiger partial charge in [0, 0.05) is 25.7 Å². The third-order valence-corrected chi connectivity index (χ3v) is 4.92. The Bertz CT molecular complexity index is 507. The average molecular weight is 302 g/mol. The van der Waals surface area contributed by atoms with E-state index in [9.17, 15) is 4.79 Å². The first-order chi connectivity index (χ1) is 10.6. The molecule has 0 aliphatic carbocycles. The van der Waals surface area contributed by atoms with Crippen LogP contribution in [-0.4, -0.2) is 53.6 Å². The van der Waals surface area contributed by atoms with Crippen LogP contribution < -0.4 is 0 Å². The van der Waals surface area contributed by atoms with E-state index in [2.05, 4.69) is 49.1 Å². The highest BCUT2D eigenvalue weighted by Crippen LogP contribution is 2.31. The number of ether oxygens (including phenoxy) is 1. The minimum atomic E-state index is -0.120. The van der Waals surface area contributed by atoms with Crippen LogP contribution in [0.4, 0.5) is 0 Å². The second kappa shape index (κ2) is 6.39. The van der Waals surface area contributed by atoms with Gasteiger partial charge in [0.2, 0.25) is 5.91 Å². The molecule has 2 fully saturated rings. The fourth-order valence-electron chi connectivity index (χ4n) is 3.48. The van der Waals surface area contributed by atoms with Crippen molar-refractivity contribution in [1.29, 1.82) is 0 Å². The van der Waals surface area contributed by atoms with Crippen LogP contribution >= 0.6 is 0 Å². The zero-order chi connectivity index (χ0) is 15.6. The summed E-state index contributed by atoms with van der Waals surface area (Å²) in [5, 5.41) is 0. The number of piperidine rings is 1. The molecular weight excluding hydrogens is 276 g/mol. The van der Waals surface area contributed by atoms with Gasteiger partial charge < -0.3 is 9.64 Å². The lowest BCUT2D eigenvalue weighted by molar-refractivity contribution is -0.174. The lowest BCUT2D eigenvalue weighted by Crippen LogP contribution is -2.60. The van der Waals surface area contributed by atoms with Crippen LogP contribution in [0.25, 0.3) is 0 Å². The molecule has 2 aliphatic heterocycles. The van der Waals surface area contributed by atoms with Crippen molar-refractivity contribution in [3.05, 3.63) is 35.9 Å². The first-order valence-corrected chi connectivity index (χ1v) is 8.28. The first-order valence-electron chi connectivity index (χ1n) is 8.28. The molecule has 0 bridgehead atoms. The predicted octanol–water partition coefficient (Wildman–Crippen LogP) is 2.29. The van der Waals surface area contributed by atoms with E-state index in [0.717, 1.165) is 39.0 Å². The number of morpholine rings is 1. The largest absolute Gasteiger partial charge is 0.363 e. The van der Waals surface area contributed by atoms with Gasteiger partial charge in [0.25, 0.3) is 0 Å². The fraction of sp³-hybridized carbons (Fsp3) is 0.611. The van der Waals surface area contributed by atoms with Crippen molar-refractivity contribution < 1.29 is 9.53 Å². The summed E-state index contributed by atoms with van der Waals surface area (Å²) >= 11 is 0. The molecular formula is C18H26N2O2. The Morgan fingerprint density at radius 1 is 1.18 bits per heavy atom. The number of hydrogen-bond donors (Lipinski definition) is 0. The Hall–Kier alpha value is -1.39. The van der Waals surface area contributed by atoms with Crippen LogP contribution in [0, 0.1) is 0 Å². The zero-order valence-electron chi connectivity index (χ0n) is 13.6. The maximum atomic E-state index is 12.0. The van der Waals surface area contributed by atoms with Gasteiger partial charge in [-0.25, -0.2) is 0 Å². The fourth-order valence-corrected chi connectivity index (χ4v) is 3.48. The molecule has 2 heterocycles. The number of nitrogens with zero attached hydrogens (tertiary/aromatic N) is 2. The van der Waals surface area contributed by atoms with Gasteiger partial charge in [-0.1, -0.05) is 30.3 Å². The van der Waals surface area contributed by atoms with Crippen LogP contribution in [0.2, 0.25) is 0 Å². The monoisotopic (exact) mass is 302 g/mol. The van der Waals surface area contributed by atoms with Crippen LogP contribution in [0.3, 0.4) is 0 Å². The van der Waals surface area contributed by atoms with Gasteiger partial charge in [0.05, 0.1) is 12.1 Å². The standard InChI is InChI=1S/C18H26N2O2/c1-15(2)20-14-18(22-13-17(20)21)8-10-19(11-9-18)12-16-6-4-3-5-7-16/h3-7,15H,8-14H2,1-2H3.